The molecule has 3 aromatic rings. The molecular weight excluding hydrogens is 330 g/mol. The maximum Gasteiger partial charge on any atom is 0.338 e. The Morgan fingerprint density at radius 3 is 2.74 bits per heavy atom. The SMILES string of the molecule is Cc1ccc(-c2nc(COC(=O)c3cccc(Cl)c3)cs2)cc1. The molecule has 0 saturated carbocycles. The Balaban J connectivity index is 1.65. The van der Waals surface area contributed by atoms with E-state index in [-0.39, 0.29) is 6.61 Å². The molecule has 5 heteroatoms. The summed E-state index contributed by atoms with van der Waals surface area (Å²) in [7, 11) is 0. The zero-order valence-corrected chi connectivity index (χ0v) is 14.0. The van der Waals surface area contributed by atoms with Crippen molar-refractivity contribution >= 4 is 28.9 Å². The number of nitrogens with zero attached hydrogens (tertiary/aromatic N) is 1. The zero-order valence-electron chi connectivity index (χ0n) is 12.5. The van der Waals surface area contributed by atoms with Gasteiger partial charge in [0, 0.05) is 16.0 Å². The van der Waals surface area contributed by atoms with Crippen LogP contribution in [0.4, 0.5) is 0 Å². The number of aromatic nitrogens is 1. The Morgan fingerprint density at radius 1 is 1.22 bits per heavy atom. The van der Waals surface area contributed by atoms with Crippen molar-refractivity contribution < 1.29 is 9.53 Å². The maximum atomic E-state index is 12.0. The second-order valence-corrected chi connectivity index (χ2v) is 6.39. The van der Waals surface area contributed by atoms with Crippen molar-refractivity contribution in [3.8, 4) is 10.6 Å². The third-order valence-corrected chi connectivity index (χ3v) is 4.44. The summed E-state index contributed by atoms with van der Waals surface area (Å²) in [5.74, 6) is -0.405. The molecule has 0 saturated heterocycles. The van der Waals surface area contributed by atoms with E-state index in [1.807, 2.05) is 24.4 Å². The van der Waals surface area contributed by atoms with Crippen LogP contribution >= 0.6 is 22.9 Å². The minimum absolute atomic E-state index is 0.147. The summed E-state index contributed by atoms with van der Waals surface area (Å²) in [6.07, 6.45) is 0. The smallest absolute Gasteiger partial charge is 0.338 e. The first kappa shape index (κ1) is 15.7. The first-order chi connectivity index (χ1) is 11.1. The summed E-state index contributed by atoms with van der Waals surface area (Å²) < 4.78 is 5.28. The van der Waals surface area contributed by atoms with Gasteiger partial charge >= 0.3 is 5.97 Å². The van der Waals surface area contributed by atoms with Crippen molar-refractivity contribution in [1.82, 2.24) is 4.98 Å². The molecule has 0 spiro atoms. The van der Waals surface area contributed by atoms with Gasteiger partial charge < -0.3 is 4.74 Å². The van der Waals surface area contributed by atoms with Crippen LogP contribution in [-0.4, -0.2) is 11.0 Å². The van der Waals surface area contributed by atoms with E-state index >= 15 is 0 Å². The highest BCUT2D eigenvalue weighted by molar-refractivity contribution is 7.13. The van der Waals surface area contributed by atoms with Crippen LogP contribution in [-0.2, 0) is 11.3 Å². The molecule has 0 bridgehead atoms. The van der Waals surface area contributed by atoms with Gasteiger partial charge in [-0.05, 0) is 25.1 Å². The fraction of sp³-hybridized carbons (Fsp3) is 0.111. The number of hydrogen-bond donors (Lipinski definition) is 0. The minimum Gasteiger partial charge on any atom is -0.456 e. The number of carbonyl (C=O) groups is 1. The quantitative estimate of drug-likeness (QED) is 0.616. The van der Waals surface area contributed by atoms with Crippen LogP contribution in [0.15, 0.2) is 53.9 Å². The highest BCUT2D eigenvalue weighted by atomic mass is 35.5. The summed E-state index contributed by atoms with van der Waals surface area (Å²) in [6, 6.07) is 14.9. The van der Waals surface area contributed by atoms with Gasteiger partial charge in [-0.3, -0.25) is 0 Å². The number of halogens is 1. The first-order valence-electron chi connectivity index (χ1n) is 7.06. The topological polar surface area (TPSA) is 39.2 Å². The fourth-order valence-corrected chi connectivity index (χ4v) is 3.04. The predicted octanol–water partition coefficient (Wildman–Crippen LogP) is 5.13. The molecule has 0 fully saturated rings. The number of esters is 1. The van der Waals surface area contributed by atoms with Crippen LogP contribution < -0.4 is 0 Å². The van der Waals surface area contributed by atoms with Gasteiger partial charge in [-0.15, -0.1) is 11.3 Å². The Labute approximate surface area is 143 Å². The van der Waals surface area contributed by atoms with E-state index in [1.165, 1.54) is 16.9 Å². The second-order valence-electron chi connectivity index (χ2n) is 5.10. The van der Waals surface area contributed by atoms with Crippen molar-refractivity contribution in [3.63, 3.8) is 0 Å². The predicted molar refractivity (Wildman–Crippen MR) is 92.9 cm³/mol. The lowest BCUT2D eigenvalue weighted by Gasteiger charge is -2.03. The van der Waals surface area contributed by atoms with Gasteiger partial charge in [-0.2, -0.15) is 0 Å². The van der Waals surface area contributed by atoms with Gasteiger partial charge in [0.1, 0.15) is 11.6 Å². The molecular formula is C18H14ClNO2S. The molecule has 1 aromatic heterocycles. The Hall–Kier alpha value is -2.17. The van der Waals surface area contributed by atoms with E-state index in [2.05, 4.69) is 17.1 Å². The summed E-state index contributed by atoms with van der Waals surface area (Å²) in [4.78, 5) is 16.5. The van der Waals surface area contributed by atoms with Crippen LogP contribution in [0.1, 0.15) is 21.6 Å². The molecule has 0 radical (unpaired) electrons. The van der Waals surface area contributed by atoms with Crippen molar-refractivity contribution in [2.75, 3.05) is 0 Å². The van der Waals surface area contributed by atoms with Crippen LogP contribution in [0, 0.1) is 6.92 Å². The van der Waals surface area contributed by atoms with E-state index in [0.29, 0.717) is 10.6 Å². The highest BCUT2D eigenvalue weighted by Gasteiger charge is 2.10. The van der Waals surface area contributed by atoms with Gasteiger partial charge in [0.2, 0.25) is 0 Å². The van der Waals surface area contributed by atoms with Crippen LogP contribution in [0.3, 0.4) is 0 Å². The molecule has 2 aromatic carbocycles. The summed E-state index contributed by atoms with van der Waals surface area (Å²) in [5.41, 5.74) is 3.45. The molecule has 23 heavy (non-hydrogen) atoms. The van der Waals surface area contributed by atoms with E-state index in [1.54, 1.807) is 24.3 Å². The molecule has 0 aliphatic heterocycles. The third kappa shape index (κ3) is 3.97. The van der Waals surface area contributed by atoms with Crippen LogP contribution in [0.5, 0.6) is 0 Å². The Bertz CT molecular complexity index is 827. The Kier molecular flexibility index (Phi) is 4.74. The van der Waals surface area contributed by atoms with Gasteiger partial charge in [-0.25, -0.2) is 9.78 Å². The number of aryl methyl sites for hydroxylation is 1. The van der Waals surface area contributed by atoms with E-state index in [9.17, 15) is 4.79 Å². The molecule has 0 aliphatic rings. The molecule has 3 rings (SSSR count). The number of rotatable bonds is 4. The van der Waals surface area contributed by atoms with Crippen molar-refractivity contribution in [1.29, 1.82) is 0 Å². The number of carbonyl (C=O) groups excluding carboxylic acids is 1. The monoisotopic (exact) mass is 343 g/mol. The van der Waals surface area contributed by atoms with Crippen molar-refractivity contribution in [3.05, 3.63) is 75.8 Å². The standard InChI is InChI=1S/C18H14ClNO2S/c1-12-5-7-13(8-6-12)17-20-16(11-23-17)10-22-18(21)14-3-2-4-15(19)9-14/h2-9,11H,10H2,1H3. The number of benzene rings is 2. The summed E-state index contributed by atoms with van der Waals surface area (Å²) in [6.45, 7) is 2.19. The average Bonchev–Trinajstić information content (AvgIpc) is 3.02. The van der Waals surface area contributed by atoms with Crippen molar-refractivity contribution in [2.24, 2.45) is 0 Å². The second kappa shape index (κ2) is 6.94. The minimum atomic E-state index is -0.405. The third-order valence-electron chi connectivity index (χ3n) is 3.26. The van der Waals surface area contributed by atoms with E-state index in [0.717, 1.165) is 16.3 Å². The molecule has 1 heterocycles. The number of thiazole rings is 1. The van der Waals surface area contributed by atoms with Crippen molar-refractivity contribution in [2.45, 2.75) is 13.5 Å². The lowest BCUT2D eigenvalue weighted by Crippen LogP contribution is -2.05. The van der Waals surface area contributed by atoms with Gasteiger partial charge in [0.25, 0.3) is 0 Å². The molecule has 116 valence electrons. The van der Waals surface area contributed by atoms with Crippen LogP contribution in [0.2, 0.25) is 5.02 Å². The maximum absolute atomic E-state index is 12.0. The lowest BCUT2D eigenvalue weighted by atomic mass is 10.2. The lowest BCUT2D eigenvalue weighted by molar-refractivity contribution is 0.0468. The molecule has 0 unspecified atom stereocenters. The van der Waals surface area contributed by atoms with E-state index in [4.69, 9.17) is 16.3 Å². The van der Waals surface area contributed by atoms with Crippen LogP contribution in [0.25, 0.3) is 10.6 Å². The van der Waals surface area contributed by atoms with E-state index < -0.39 is 5.97 Å². The molecule has 3 nitrogen and oxygen atoms in total. The number of ether oxygens (including phenoxy) is 1. The summed E-state index contributed by atoms with van der Waals surface area (Å²) in [5, 5.41) is 3.33. The molecule has 0 atom stereocenters. The Morgan fingerprint density at radius 2 is 2.00 bits per heavy atom. The molecule has 0 N–H and O–H groups in total. The molecule has 0 amide bonds. The van der Waals surface area contributed by atoms with Gasteiger partial charge in [0.05, 0.1) is 11.3 Å². The highest BCUT2D eigenvalue weighted by Crippen LogP contribution is 2.24. The average molecular weight is 344 g/mol. The zero-order chi connectivity index (χ0) is 16.2. The largest absolute Gasteiger partial charge is 0.456 e. The normalized spacial score (nSPS) is 10.5. The fourth-order valence-electron chi connectivity index (χ4n) is 2.04. The summed E-state index contributed by atoms with van der Waals surface area (Å²) >= 11 is 7.40. The number of hydrogen-bond acceptors (Lipinski definition) is 4. The van der Waals surface area contributed by atoms with Gasteiger partial charge in [-0.1, -0.05) is 47.5 Å². The molecule has 0 aliphatic carbocycles. The van der Waals surface area contributed by atoms with Gasteiger partial charge in [0.15, 0.2) is 0 Å². The first-order valence-corrected chi connectivity index (χ1v) is 8.32.